The fourth-order valence-electron chi connectivity index (χ4n) is 2.08. The molecule has 0 fully saturated rings. The number of aromatic hydroxyl groups is 1. The Morgan fingerprint density at radius 1 is 1.31 bits per heavy atom. The summed E-state index contributed by atoms with van der Waals surface area (Å²) >= 11 is 3.43. The maximum atomic E-state index is 9.57. The highest BCUT2D eigenvalue weighted by atomic mass is 79.9. The van der Waals surface area contributed by atoms with Crippen LogP contribution in [0.1, 0.15) is 56.6 Å². The van der Waals surface area contributed by atoms with Gasteiger partial charge >= 0.3 is 0 Å². The molecular weight excluding hydrogens is 264 g/mol. The lowest BCUT2D eigenvalue weighted by Crippen LogP contribution is -1.97. The van der Waals surface area contributed by atoms with Gasteiger partial charge in [-0.05, 0) is 52.4 Å². The topological polar surface area (TPSA) is 20.2 Å². The molecule has 90 valence electrons. The van der Waals surface area contributed by atoms with Crippen LogP contribution < -0.4 is 0 Å². The average molecular weight is 285 g/mol. The highest BCUT2D eigenvalue weighted by Gasteiger charge is 2.12. The van der Waals surface area contributed by atoms with E-state index in [0.717, 1.165) is 4.47 Å². The molecule has 1 aromatic carbocycles. The third-order valence-electron chi connectivity index (χ3n) is 3.18. The maximum absolute atomic E-state index is 9.57. The zero-order valence-corrected chi connectivity index (χ0v) is 12.0. The molecule has 0 amide bonds. The van der Waals surface area contributed by atoms with Crippen molar-refractivity contribution in [1.82, 2.24) is 0 Å². The molecule has 0 saturated carbocycles. The normalized spacial score (nSPS) is 12.8. The van der Waals surface area contributed by atoms with Gasteiger partial charge in [0.2, 0.25) is 0 Å². The first kappa shape index (κ1) is 13.6. The number of hydrogen-bond donors (Lipinski definition) is 1. The van der Waals surface area contributed by atoms with E-state index < -0.39 is 0 Å². The van der Waals surface area contributed by atoms with E-state index in [2.05, 4.69) is 36.7 Å². The van der Waals surface area contributed by atoms with Crippen molar-refractivity contribution in [1.29, 1.82) is 0 Å². The first-order valence-electron chi connectivity index (χ1n) is 6.05. The van der Waals surface area contributed by atoms with E-state index in [4.69, 9.17) is 0 Å². The molecule has 2 heteroatoms. The summed E-state index contributed by atoms with van der Waals surface area (Å²) in [5.41, 5.74) is 2.52. The summed E-state index contributed by atoms with van der Waals surface area (Å²) in [4.78, 5) is 0. The second kappa shape index (κ2) is 6.29. The molecule has 0 saturated heterocycles. The Hall–Kier alpha value is -0.500. The maximum Gasteiger partial charge on any atom is 0.130 e. The zero-order valence-electron chi connectivity index (χ0n) is 10.4. The molecular formula is C14H21BrO. The van der Waals surface area contributed by atoms with Crippen LogP contribution in [0.3, 0.4) is 0 Å². The molecule has 1 rings (SSSR count). The predicted octanol–water partition coefficient (Wildman–Crippen LogP) is 5.15. The minimum absolute atomic E-state index is 0.335. The molecule has 0 aromatic heterocycles. The first-order valence-corrected chi connectivity index (χ1v) is 6.85. The van der Waals surface area contributed by atoms with Crippen LogP contribution in [0.25, 0.3) is 0 Å². The summed E-state index contributed by atoms with van der Waals surface area (Å²) in [5, 5.41) is 9.57. The van der Waals surface area contributed by atoms with Crippen molar-refractivity contribution in [2.24, 2.45) is 0 Å². The lowest BCUT2D eigenvalue weighted by atomic mass is 9.91. The van der Waals surface area contributed by atoms with E-state index >= 15 is 0 Å². The molecule has 0 bridgehead atoms. The summed E-state index contributed by atoms with van der Waals surface area (Å²) in [6.45, 7) is 6.56. The van der Waals surface area contributed by atoms with Crippen molar-refractivity contribution < 1.29 is 5.11 Å². The monoisotopic (exact) mass is 284 g/mol. The van der Waals surface area contributed by atoms with Crippen LogP contribution in [0.15, 0.2) is 16.6 Å². The molecule has 0 aliphatic rings. The van der Waals surface area contributed by atoms with Crippen LogP contribution in [0, 0.1) is 6.92 Å². The summed E-state index contributed by atoms with van der Waals surface area (Å²) in [7, 11) is 0. The summed E-state index contributed by atoms with van der Waals surface area (Å²) in [5.74, 6) is 0.908. The van der Waals surface area contributed by atoms with Gasteiger partial charge in [-0.3, -0.25) is 0 Å². The Kier molecular flexibility index (Phi) is 5.33. The summed E-state index contributed by atoms with van der Waals surface area (Å²) in [6, 6.07) is 3.83. The van der Waals surface area contributed by atoms with E-state index in [1.54, 1.807) is 6.07 Å². The highest BCUT2D eigenvalue weighted by molar-refractivity contribution is 9.10. The number of unbranched alkanes of at least 4 members (excludes halogenated alkanes) is 2. The number of halogens is 1. The largest absolute Gasteiger partial charge is 0.507 e. The molecule has 1 atom stereocenters. The van der Waals surface area contributed by atoms with Crippen molar-refractivity contribution in [3.05, 3.63) is 27.7 Å². The van der Waals surface area contributed by atoms with Gasteiger partial charge in [0.15, 0.2) is 0 Å². The Labute approximate surface area is 107 Å². The third-order valence-corrected chi connectivity index (χ3v) is 4.18. The second-order valence-corrected chi connectivity index (χ2v) is 5.30. The van der Waals surface area contributed by atoms with E-state index in [1.807, 2.05) is 6.07 Å². The van der Waals surface area contributed by atoms with E-state index in [9.17, 15) is 5.11 Å². The molecule has 1 nitrogen and oxygen atoms in total. The average Bonchev–Trinajstić information content (AvgIpc) is 2.26. The summed E-state index contributed by atoms with van der Waals surface area (Å²) in [6.07, 6.45) is 5.09. The fourth-order valence-corrected chi connectivity index (χ4v) is 2.44. The standard InChI is InChI=1S/C14H21BrO/c1-4-5-6-7-10(2)12-8-9-13(16)14(15)11(12)3/h8-10,16H,4-7H2,1-3H3. The molecule has 0 radical (unpaired) electrons. The van der Waals surface area contributed by atoms with Gasteiger partial charge in [0.25, 0.3) is 0 Å². The van der Waals surface area contributed by atoms with Crippen LogP contribution >= 0.6 is 15.9 Å². The minimum atomic E-state index is 0.335. The van der Waals surface area contributed by atoms with Gasteiger partial charge in [0, 0.05) is 0 Å². The molecule has 0 aliphatic carbocycles. The lowest BCUT2D eigenvalue weighted by molar-refractivity contribution is 0.470. The van der Waals surface area contributed by atoms with Gasteiger partial charge in [-0.15, -0.1) is 0 Å². The van der Waals surface area contributed by atoms with Crippen LogP contribution in [-0.2, 0) is 0 Å². The number of hydrogen-bond acceptors (Lipinski definition) is 1. The molecule has 16 heavy (non-hydrogen) atoms. The van der Waals surface area contributed by atoms with E-state index in [0.29, 0.717) is 11.7 Å². The van der Waals surface area contributed by atoms with Gasteiger partial charge in [-0.25, -0.2) is 0 Å². The number of phenolic OH excluding ortho intramolecular Hbond substituents is 1. The van der Waals surface area contributed by atoms with Gasteiger partial charge in [0.05, 0.1) is 4.47 Å². The van der Waals surface area contributed by atoms with Crippen LogP contribution in [0.2, 0.25) is 0 Å². The van der Waals surface area contributed by atoms with Crippen LogP contribution in [0.4, 0.5) is 0 Å². The molecule has 0 heterocycles. The number of benzene rings is 1. The van der Waals surface area contributed by atoms with Crippen molar-refractivity contribution in [2.45, 2.75) is 52.4 Å². The van der Waals surface area contributed by atoms with Gasteiger partial charge in [-0.2, -0.15) is 0 Å². The van der Waals surface area contributed by atoms with Gasteiger partial charge in [-0.1, -0.05) is 39.2 Å². The molecule has 1 N–H and O–H groups in total. The van der Waals surface area contributed by atoms with Gasteiger partial charge in [0.1, 0.15) is 5.75 Å². The van der Waals surface area contributed by atoms with Crippen molar-refractivity contribution in [3.63, 3.8) is 0 Å². The first-order chi connectivity index (χ1) is 7.57. The minimum Gasteiger partial charge on any atom is -0.507 e. The van der Waals surface area contributed by atoms with Gasteiger partial charge < -0.3 is 5.11 Å². The smallest absolute Gasteiger partial charge is 0.130 e. The molecule has 1 aromatic rings. The molecule has 0 aliphatic heterocycles. The van der Waals surface area contributed by atoms with E-state index in [-0.39, 0.29) is 0 Å². The Bertz CT molecular complexity index is 347. The second-order valence-electron chi connectivity index (χ2n) is 4.51. The summed E-state index contributed by atoms with van der Waals surface area (Å²) < 4.78 is 0.840. The van der Waals surface area contributed by atoms with Crippen molar-refractivity contribution in [2.75, 3.05) is 0 Å². The quantitative estimate of drug-likeness (QED) is 0.742. The van der Waals surface area contributed by atoms with Crippen molar-refractivity contribution >= 4 is 15.9 Å². The third kappa shape index (κ3) is 3.24. The van der Waals surface area contributed by atoms with Crippen LogP contribution in [0.5, 0.6) is 5.75 Å². The number of rotatable bonds is 5. The van der Waals surface area contributed by atoms with Crippen molar-refractivity contribution in [3.8, 4) is 5.75 Å². The zero-order chi connectivity index (χ0) is 12.1. The highest BCUT2D eigenvalue weighted by Crippen LogP contribution is 2.34. The molecule has 1 unspecified atom stereocenters. The SMILES string of the molecule is CCCCCC(C)c1ccc(O)c(Br)c1C. The Morgan fingerprint density at radius 3 is 2.62 bits per heavy atom. The Balaban J connectivity index is 2.76. The number of phenols is 1. The van der Waals surface area contributed by atoms with E-state index in [1.165, 1.54) is 36.8 Å². The Morgan fingerprint density at radius 2 is 2.00 bits per heavy atom. The predicted molar refractivity (Wildman–Crippen MR) is 73.1 cm³/mol. The van der Waals surface area contributed by atoms with Crippen LogP contribution in [-0.4, -0.2) is 5.11 Å². The lowest BCUT2D eigenvalue weighted by Gasteiger charge is -2.16. The molecule has 0 spiro atoms. The fraction of sp³-hybridized carbons (Fsp3) is 0.571.